The fraction of sp³-hybridized carbons (Fsp3) is 0.429. The van der Waals surface area contributed by atoms with Gasteiger partial charge in [0.25, 0.3) is 0 Å². The number of unbranched alkanes of at least 4 members (excludes halogenated alkanes) is 6. The van der Waals surface area contributed by atoms with E-state index in [-0.39, 0.29) is 61.3 Å². The number of hydrogen-bond donors (Lipinski definition) is 4. The number of hydroxylamine groups is 2. The number of benzene rings is 2. The maximum Gasteiger partial charge on any atom is 2.00 e. The SMILES string of the molecule is O=C(CCCCCCC([O-])=Nc1ccccc1)NO.O=C(CCCCCCC([O-])=Nc1ccccc1)NO.[Ca+2]. The number of rotatable bonds is 16. The summed E-state index contributed by atoms with van der Waals surface area (Å²) in [7, 11) is 0. The Morgan fingerprint density at radius 2 is 0.872 bits per heavy atom. The van der Waals surface area contributed by atoms with Crippen LogP contribution >= 0.6 is 0 Å². The summed E-state index contributed by atoms with van der Waals surface area (Å²) in [6.07, 6.45) is 7.99. The standard InChI is InChI=1S/2C14H20N2O3.Ca/c2*17-13(15-12-8-4-3-5-9-12)10-6-1-2-7-11-14(18)16-19;/h2*3-5,8-9,19H,1-2,6-7,10-11H2,(H,15,17)(H,16,18);/q;;+2/p-2. The van der Waals surface area contributed by atoms with E-state index in [1.165, 1.54) is 0 Å². The minimum Gasteiger partial charge on any atom is -0.862 e. The number of nitrogens with zero attached hydrogens (tertiary/aromatic N) is 2. The third-order valence-electron chi connectivity index (χ3n) is 5.36. The molecule has 2 amide bonds. The molecule has 0 aliphatic rings. The Labute approximate surface area is 260 Å². The first-order chi connectivity index (χ1) is 18.4. The van der Waals surface area contributed by atoms with Gasteiger partial charge in [-0.05, 0) is 74.6 Å². The van der Waals surface area contributed by atoms with E-state index in [9.17, 15) is 19.8 Å². The number of para-hydroxylation sites is 2. The van der Waals surface area contributed by atoms with Gasteiger partial charge in [-0.15, -0.1) is 0 Å². The van der Waals surface area contributed by atoms with E-state index in [0.717, 1.165) is 51.4 Å². The second-order valence-electron chi connectivity index (χ2n) is 8.58. The van der Waals surface area contributed by atoms with Crippen LogP contribution in [0.1, 0.15) is 77.0 Å². The normalized spacial score (nSPS) is 11.0. The Balaban J connectivity index is 0.000000722. The van der Waals surface area contributed by atoms with Crippen LogP contribution in [0.15, 0.2) is 70.6 Å². The van der Waals surface area contributed by atoms with Crippen molar-refractivity contribution in [3.8, 4) is 0 Å². The number of aliphatic imine (C=N–C) groups is 2. The molecule has 2 rings (SSSR count). The smallest absolute Gasteiger partial charge is 0.862 e. The van der Waals surface area contributed by atoms with Crippen molar-refractivity contribution in [3.63, 3.8) is 0 Å². The minimum atomic E-state index is -0.366. The summed E-state index contributed by atoms with van der Waals surface area (Å²) in [5.74, 6) is -0.955. The molecule has 0 fully saturated rings. The molecule has 11 heteroatoms. The maximum atomic E-state index is 11.5. The molecule has 2 aromatic rings. The Hall–Kier alpha value is -2.50. The fourth-order valence-corrected chi connectivity index (χ4v) is 3.35. The number of nitrogens with one attached hydrogen (secondary N) is 2. The minimum absolute atomic E-state index is 0. The van der Waals surface area contributed by atoms with Gasteiger partial charge in [0.05, 0.1) is 11.4 Å². The summed E-state index contributed by atoms with van der Waals surface area (Å²) >= 11 is 0. The number of amides is 2. The molecule has 10 nitrogen and oxygen atoms in total. The van der Waals surface area contributed by atoms with Gasteiger partial charge in [-0.2, -0.15) is 0 Å². The molecule has 0 atom stereocenters. The van der Waals surface area contributed by atoms with E-state index in [2.05, 4.69) is 9.98 Å². The largest absolute Gasteiger partial charge is 2.00 e. The molecule has 0 heterocycles. The van der Waals surface area contributed by atoms with Crippen molar-refractivity contribution in [1.29, 1.82) is 0 Å². The Morgan fingerprint density at radius 1 is 0.564 bits per heavy atom. The Kier molecular flexibility index (Phi) is 23.0. The zero-order chi connectivity index (χ0) is 27.8. The van der Waals surface area contributed by atoms with Crippen LogP contribution in [0.2, 0.25) is 0 Å². The molecule has 4 N–H and O–H groups in total. The van der Waals surface area contributed by atoms with E-state index in [1.807, 2.05) is 36.4 Å². The summed E-state index contributed by atoms with van der Waals surface area (Å²) in [6, 6.07) is 18.3. The monoisotopic (exact) mass is 566 g/mol. The van der Waals surface area contributed by atoms with Crippen molar-refractivity contribution in [2.24, 2.45) is 9.98 Å². The molecular formula is C28H38CaN4O6. The first-order valence-electron chi connectivity index (χ1n) is 12.9. The molecule has 208 valence electrons. The predicted molar refractivity (Wildman–Crippen MR) is 148 cm³/mol. The van der Waals surface area contributed by atoms with Gasteiger partial charge in [0.1, 0.15) is 0 Å². The maximum absolute atomic E-state index is 11.5. The Bertz CT molecular complexity index is 895. The molecule has 2 aromatic carbocycles. The van der Waals surface area contributed by atoms with Gasteiger partial charge in [-0.3, -0.25) is 30.0 Å². The Morgan fingerprint density at radius 3 is 1.18 bits per heavy atom. The van der Waals surface area contributed by atoms with Crippen molar-refractivity contribution in [1.82, 2.24) is 11.0 Å². The molecular weight excluding hydrogens is 528 g/mol. The number of carbonyl (C=O) groups excluding carboxylic acids is 2. The second kappa shape index (κ2) is 24.5. The van der Waals surface area contributed by atoms with E-state index in [4.69, 9.17) is 10.4 Å². The summed E-state index contributed by atoms with van der Waals surface area (Å²) in [5, 5.41) is 39.7. The molecule has 0 bridgehead atoms. The van der Waals surface area contributed by atoms with Gasteiger partial charge in [-0.25, -0.2) is 11.0 Å². The van der Waals surface area contributed by atoms with Gasteiger partial charge in [-0.1, -0.05) is 62.1 Å². The number of hydrogen-bond acceptors (Lipinski definition) is 8. The molecule has 0 saturated carbocycles. The molecule has 0 radical (unpaired) electrons. The van der Waals surface area contributed by atoms with Crippen LogP contribution in [0, 0.1) is 0 Å². The number of carbonyl (C=O) groups is 2. The zero-order valence-corrected chi connectivity index (χ0v) is 24.6. The molecule has 39 heavy (non-hydrogen) atoms. The van der Waals surface area contributed by atoms with E-state index < -0.39 is 0 Å². The fourth-order valence-electron chi connectivity index (χ4n) is 3.35. The third-order valence-corrected chi connectivity index (χ3v) is 5.36. The first-order valence-corrected chi connectivity index (χ1v) is 12.9. The summed E-state index contributed by atoms with van der Waals surface area (Å²) in [5.41, 5.74) is 4.56. The molecule has 0 saturated heterocycles. The topological polar surface area (TPSA) is 170 Å². The van der Waals surface area contributed by atoms with Gasteiger partial charge in [0.15, 0.2) is 0 Å². The van der Waals surface area contributed by atoms with Crippen LogP contribution in [-0.4, -0.2) is 71.8 Å². The summed E-state index contributed by atoms with van der Waals surface area (Å²) in [6.45, 7) is 0. The third kappa shape index (κ3) is 21.1. The molecule has 0 spiro atoms. The van der Waals surface area contributed by atoms with Crippen LogP contribution in [0.3, 0.4) is 0 Å². The van der Waals surface area contributed by atoms with Gasteiger partial charge >= 0.3 is 37.7 Å². The first kappa shape index (κ1) is 36.5. The van der Waals surface area contributed by atoms with Crippen LogP contribution < -0.4 is 21.2 Å². The van der Waals surface area contributed by atoms with E-state index in [1.54, 1.807) is 35.2 Å². The average molecular weight is 567 g/mol. The quantitative estimate of drug-likeness (QED) is 0.0605. The van der Waals surface area contributed by atoms with Crippen molar-refractivity contribution in [2.45, 2.75) is 77.0 Å². The molecule has 0 aliphatic carbocycles. The van der Waals surface area contributed by atoms with Crippen LogP contribution in [0.25, 0.3) is 0 Å². The van der Waals surface area contributed by atoms with Gasteiger partial charge in [0, 0.05) is 12.8 Å². The van der Waals surface area contributed by atoms with Crippen LogP contribution in [0.5, 0.6) is 0 Å². The predicted octanol–water partition coefficient (Wildman–Crippen LogP) is 3.47. The summed E-state index contributed by atoms with van der Waals surface area (Å²) in [4.78, 5) is 29.4. The van der Waals surface area contributed by atoms with Crippen molar-refractivity contribution in [2.75, 3.05) is 0 Å². The van der Waals surface area contributed by atoms with Crippen molar-refractivity contribution < 1.29 is 30.2 Å². The van der Waals surface area contributed by atoms with Crippen LogP contribution in [0.4, 0.5) is 11.4 Å². The van der Waals surface area contributed by atoms with Crippen LogP contribution in [-0.2, 0) is 9.59 Å². The van der Waals surface area contributed by atoms with E-state index in [0.29, 0.717) is 37.1 Å². The van der Waals surface area contributed by atoms with Crippen molar-refractivity contribution in [3.05, 3.63) is 60.7 Å². The molecule has 0 unspecified atom stereocenters. The van der Waals surface area contributed by atoms with E-state index >= 15 is 0 Å². The van der Waals surface area contributed by atoms with Gasteiger partial charge in [0.2, 0.25) is 11.8 Å². The molecule has 0 aromatic heterocycles. The second-order valence-corrected chi connectivity index (χ2v) is 8.58. The molecule has 0 aliphatic heterocycles. The zero-order valence-electron chi connectivity index (χ0n) is 22.4. The average Bonchev–Trinajstić information content (AvgIpc) is 2.93. The summed E-state index contributed by atoms with van der Waals surface area (Å²) < 4.78 is 0. The van der Waals surface area contributed by atoms with Gasteiger partial charge < -0.3 is 10.2 Å². The van der Waals surface area contributed by atoms with Crippen molar-refractivity contribution >= 4 is 72.7 Å².